The highest BCUT2D eigenvalue weighted by Crippen LogP contribution is 2.16. The van der Waals surface area contributed by atoms with Crippen LogP contribution in [0.2, 0.25) is 0 Å². The zero-order chi connectivity index (χ0) is 12.1. The summed E-state index contributed by atoms with van der Waals surface area (Å²) in [7, 11) is 0. The van der Waals surface area contributed by atoms with E-state index in [9.17, 15) is 0 Å². The first-order chi connectivity index (χ1) is 8.31. The Hall–Kier alpha value is -0.0800. The monoisotopic (exact) mass is 368 g/mol. The molecule has 1 unspecified atom stereocenters. The van der Waals surface area contributed by atoms with Crippen molar-refractivity contribution in [3.63, 3.8) is 0 Å². The predicted octanol–water partition coefficient (Wildman–Crippen LogP) is 0.736. The summed E-state index contributed by atoms with van der Waals surface area (Å²) in [5.74, 6) is 0.691. The normalized spacial score (nSPS) is 26.2. The molecule has 5 nitrogen and oxygen atoms in total. The standard InChI is InChI=1S/C12H24N4O.HI/c1-2-15-5-3-4-11(15)10-14-12(13)16-6-8-17-9-7-16;/h11H,2-10H2,1H3,(H2,13,14);1H. The molecule has 2 heterocycles. The number of nitrogens with zero attached hydrogens (tertiary/aromatic N) is 3. The van der Waals surface area contributed by atoms with E-state index in [1.54, 1.807) is 0 Å². The molecule has 0 aromatic heterocycles. The van der Waals surface area contributed by atoms with Crippen molar-refractivity contribution in [1.29, 1.82) is 0 Å². The molecule has 0 radical (unpaired) electrons. The topological polar surface area (TPSA) is 54.1 Å². The number of hydrogen-bond acceptors (Lipinski definition) is 3. The number of likely N-dealkylation sites (N-methyl/N-ethyl adjacent to an activating group) is 1. The molecule has 2 aliphatic heterocycles. The van der Waals surface area contributed by atoms with Gasteiger partial charge in [-0.3, -0.25) is 9.89 Å². The summed E-state index contributed by atoms with van der Waals surface area (Å²) in [5.41, 5.74) is 6.02. The van der Waals surface area contributed by atoms with Crippen molar-refractivity contribution in [2.75, 3.05) is 45.9 Å². The minimum atomic E-state index is 0. The highest BCUT2D eigenvalue weighted by atomic mass is 127. The third-order valence-electron chi connectivity index (χ3n) is 3.70. The summed E-state index contributed by atoms with van der Waals surface area (Å²) >= 11 is 0. The van der Waals surface area contributed by atoms with E-state index < -0.39 is 0 Å². The van der Waals surface area contributed by atoms with E-state index >= 15 is 0 Å². The number of nitrogens with two attached hydrogens (primary N) is 1. The summed E-state index contributed by atoms with van der Waals surface area (Å²) in [6, 6.07) is 0.597. The Morgan fingerprint density at radius 3 is 2.72 bits per heavy atom. The molecule has 2 aliphatic rings. The number of hydrogen-bond donors (Lipinski definition) is 1. The molecule has 2 fully saturated rings. The molecule has 0 saturated carbocycles. The van der Waals surface area contributed by atoms with Crippen LogP contribution in [0.25, 0.3) is 0 Å². The van der Waals surface area contributed by atoms with Gasteiger partial charge in [-0.2, -0.15) is 0 Å². The highest BCUT2D eigenvalue weighted by molar-refractivity contribution is 14.0. The van der Waals surface area contributed by atoms with E-state index in [2.05, 4.69) is 21.7 Å². The van der Waals surface area contributed by atoms with Gasteiger partial charge in [0.05, 0.1) is 19.8 Å². The Kier molecular flexibility index (Phi) is 7.25. The average Bonchev–Trinajstić information content (AvgIpc) is 2.84. The van der Waals surface area contributed by atoms with Crippen molar-refractivity contribution >= 4 is 29.9 Å². The highest BCUT2D eigenvalue weighted by Gasteiger charge is 2.22. The fraction of sp³-hybridized carbons (Fsp3) is 0.917. The van der Waals surface area contributed by atoms with Gasteiger partial charge in [-0.25, -0.2) is 0 Å². The molecule has 0 amide bonds. The summed E-state index contributed by atoms with van der Waals surface area (Å²) < 4.78 is 5.30. The van der Waals surface area contributed by atoms with Gasteiger partial charge in [-0.15, -0.1) is 24.0 Å². The Morgan fingerprint density at radius 1 is 1.33 bits per heavy atom. The van der Waals surface area contributed by atoms with Gasteiger partial charge in [-0.05, 0) is 25.9 Å². The molecule has 6 heteroatoms. The van der Waals surface area contributed by atoms with Gasteiger partial charge in [0.15, 0.2) is 5.96 Å². The van der Waals surface area contributed by atoms with Crippen LogP contribution < -0.4 is 5.73 Å². The molecule has 1 atom stereocenters. The van der Waals surface area contributed by atoms with Crippen molar-refractivity contribution in [3.05, 3.63) is 0 Å². The van der Waals surface area contributed by atoms with Crippen molar-refractivity contribution in [2.24, 2.45) is 10.7 Å². The van der Waals surface area contributed by atoms with E-state index in [-0.39, 0.29) is 24.0 Å². The number of guanidine groups is 1. The van der Waals surface area contributed by atoms with E-state index in [0.29, 0.717) is 12.0 Å². The maximum Gasteiger partial charge on any atom is 0.191 e. The van der Waals surface area contributed by atoms with Crippen LogP contribution >= 0.6 is 24.0 Å². The minimum Gasteiger partial charge on any atom is -0.378 e. The van der Waals surface area contributed by atoms with Gasteiger partial charge < -0.3 is 15.4 Å². The van der Waals surface area contributed by atoms with E-state index in [1.165, 1.54) is 19.4 Å². The lowest BCUT2D eigenvalue weighted by Gasteiger charge is -2.28. The van der Waals surface area contributed by atoms with Gasteiger partial charge in [0.1, 0.15) is 0 Å². The molecule has 0 aromatic carbocycles. The molecule has 106 valence electrons. The zero-order valence-corrected chi connectivity index (χ0v) is 13.5. The molecule has 2 rings (SSSR count). The van der Waals surface area contributed by atoms with E-state index in [4.69, 9.17) is 10.5 Å². The molecule has 18 heavy (non-hydrogen) atoms. The molecule has 0 aliphatic carbocycles. The molecule has 0 spiro atoms. The Balaban J connectivity index is 0.00000162. The fourth-order valence-corrected chi connectivity index (χ4v) is 2.61. The smallest absolute Gasteiger partial charge is 0.191 e. The van der Waals surface area contributed by atoms with Crippen LogP contribution in [-0.4, -0.2) is 67.7 Å². The number of morpholine rings is 1. The maximum atomic E-state index is 6.02. The Morgan fingerprint density at radius 2 is 2.06 bits per heavy atom. The SMILES string of the molecule is CCN1CCCC1CN=C(N)N1CCOCC1.I. The largest absolute Gasteiger partial charge is 0.378 e. The first kappa shape index (κ1) is 16.0. The lowest BCUT2D eigenvalue weighted by molar-refractivity contribution is 0.0673. The fourth-order valence-electron chi connectivity index (χ4n) is 2.61. The summed E-state index contributed by atoms with van der Waals surface area (Å²) in [4.78, 5) is 9.17. The third-order valence-corrected chi connectivity index (χ3v) is 3.70. The van der Waals surface area contributed by atoms with Crippen LogP contribution in [0, 0.1) is 0 Å². The second-order valence-electron chi connectivity index (χ2n) is 4.72. The first-order valence-electron chi connectivity index (χ1n) is 6.68. The molecule has 0 aromatic rings. The summed E-state index contributed by atoms with van der Waals surface area (Å²) in [6.45, 7) is 8.67. The van der Waals surface area contributed by atoms with Crippen LogP contribution in [-0.2, 0) is 4.74 Å². The van der Waals surface area contributed by atoms with Crippen LogP contribution in [0.15, 0.2) is 4.99 Å². The minimum absolute atomic E-state index is 0. The Bertz CT molecular complexity index is 269. The maximum absolute atomic E-state index is 6.02. The van der Waals surface area contributed by atoms with Gasteiger partial charge in [-0.1, -0.05) is 6.92 Å². The summed E-state index contributed by atoms with van der Waals surface area (Å²) in [6.07, 6.45) is 2.55. The van der Waals surface area contributed by atoms with Crippen LogP contribution in [0.1, 0.15) is 19.8 Å². The average molecular weight is 368 g/mol. The number of halogens is 1. The van der Waals surface area contributed by atoms with Crippen LogP contribution in [0.4, 0.5) is 0 Å². The first-order valence-corrected chi connectivity index (χ1v) is 6.68. The quantitative estimate of drug-likeness (QED) is 0.454. The van der Waals surface area contributed by atoms with Gasteiger partial charge in [0, 0.05) is 19.1 Å². The number of ether oxygens (including phenoxy) is 1. The van der Waals surface area contributed by atoms with Crippen molar-refractivity contribution in [3.8, 4) is 0 Å². The third kappa shape index (κ3) is 4.24. The zero-order valence-electron chi connectivity index (χ0n) is 11.2. The molecular formula is C12H25IN4O. The van der Waals surface area contributed by atoms with Crippen molar-refractivity contribution < 1.29 is 4.74 Å². The van der Waals surface area contributed by atoms with Gasteiger partial charge in [0.25, 0.3) is 0 Å². The lowest BCUT2D eigenvalue weighted by atomic mass is 10.2. The Labute approximate surface area is 127 Å². The molecule has 2 saturated heterocycles. The van der Waals surface area contributed by atoms with Crippen LogP contribution in [0.3, 0.4) is 0 Å². The number of likely N-dealkylation sites (tertiary alicyclic amines) is 1. The molecule has 0 bridgehead atoms. The second-order valence-corrected chi connectivity index (χ2v) is 4.72. The molecule has 2 N–H and O–H groups in total. The lowest BCUT2D eigenvalue weighted by Crippen LogP contribution is -2.45. The van der Waals surface area contributed by atoms with Crippen LogP contribution in [0.5, 0.6) is 0 Å². The van der Waals surface area contributed by atoms with E-state index in [1.807, 2.05) is 0 Å². The number of rotatable bonds is 3. The predicted molar refractivity (Wildman–Crippen MR) is 84.6 cm³/mol. The van der Waals surface area contributed by atoms with Crippen molar-refractivity contribution in [2.45, 2.75) is 25.8 Å². The van der Waals surface area contributed by atoms with Crippen molar-refractivity contribution in [1.82, 2.24) is 9.80 Å². The summed E-state index contributed by atoms with van der Waals surface area (Å²) in [5, 5.41) is 0. The van der Waals surface area contributed by atoms with E-state index in [0.717, 1.165) is 39.4 Å². The number of aliphatic imine (C=N–C) groups is 1. The second kappa shape index (κ2) is 8.16. The van der Waals surface area contributed by atoms with Gasteiger partial charge >= 0.3 is 0 Å². The molecular weight excluding hydrogens is 343 g/mol. The van der Waals surface area contributed by atoms with Gasteiger partial charge in [0.2, 0.25) is 0 Å².